The van der Waals surface area contributed by atoms with Crippen LogP contribution >= 0.6 is 0 Å². The maximum atomic E-state index is 3.87. The van der Waals surface area contributed by atoms with Crippen LogP contribution in [0.3, 0.4) is 0 Å². The molecular weight excluding hydrogens is 242 g/mol. The fourth-order valence-electron chi connectivity index (χ4n) is 2.83. The third-order valence-electron chi connectivity index (χ3n) is 4.26. The van der Waals surface area contributed by atoms with Gasteiger partial charge in [-0.2, -0.15) is 0 Å². The van der Waals surface area contributed by atoms with Gasteiger partial charge in [-0.1, -0.05) is 84.0 Å². The van der Waals surface area contributed by atoms with Crippen molar-refractivity contribution in [3.05, 3.63) is 6.92 Å². The lowest BCUT2D eigenvalue weighted by atomic mass is 9.96. The zero-order chi connectivity index (χ0) is 15.1. The van der Waals surface area contributed by atoms with Crippen molar-refractivity contribution in [2.45, 2.75) is 110 Å². The van der Waals surface area contributed by atoms with Gasteiger partial charge in [0.05, 0.1) is 0 Å². The van der Waals surface area contributed by atoms with Gasteiger partial charge in [-0.25, -0.2) is 0 Å². The summed E-state index contributed by atoms with van der Waals surface area (Å²) in [7, 11) is 0. The van der Waals surface area contributed by atoms with Crippen LogP contribution in [0.15, 0.2) is 0 Å². The van der Waals surface area contributed by atoms with Crippen LogP contribution in [0.25, 0.3) is 0 Å². The van der Waals surface area contributed by atoms with E-state index in [0.29, 0.717) is 0 Å². The van der Waals surface area contributed by atoms with E-state index in [4.69, 9.17) is 0 Å². The third kappa shape index (κ3) is 14.4. The number of rotatable bonds is 15. The first-order valence-corrected chi connectivity index (χ1v) is 9.16. The summed E-state index contributed by atoms with van der Waals surface area (Å²) in [6, 6.07) is 0. The highest BCUT2D eigenvalue weighted by Gasteiger charge is 2.14. The molecule has 1 N–H and O–H groups in total. The minimum Gasteiger partial charge on any atom is -0.312 e. The molecule has 0 heterocycles. The quantitative estimate of drug-likeness (QED) is 0.348. The van der Waals surface area contributed by atoms with Crippen molar-refractivity contribution in [2.24, 2.45) is 0 Å². The summed E-state index contributed by atoms with van der Waals surface area (Å²) < 4.78 is 0. The SMILES string of the molecule is [CH2]CNC(C)(C)CCCCCCCCCCCCCC. The van der Waals surface area contributed by atoms with Crippen molar-refractivity contribution < 1.29 is 0 Å². The van der Waals surface area contributed by atoms with Crippen molar-refractivity contribution in [3.63, 3.8) is 0 Å². The predicted octanol–water partition coefficient (Wildman–Crippen LogP) is 6.28. The second kappa shape index (κ2) is 13.9. The Morgan fingerprint density at radius 2 is 1.10 bits per heavy atom. The van der Waals surface area contributed by atoms with Gasteiger partial charge in [-0.3, -0.25) is 0 Å². The summed E-state index contributed by atoms with van der Waals surface area (Å²) in [5, 5.41) is 3.45. The van der Waals surface area contributed by atoms with Gasteiger partial charge in [0.1, 0.15) is 0 Å². The average molecular weight is 283 g/mol. The lowest BCUT2D eigenvalue weighted by Crippen LogP contribution is -2.38. The number of hydrogen-bond acceptors (Lipinski definition) is 1. The fourth-order valence-corrected chi connectivity index (χ4v) is 2.83. The van der Waals surface area contributed by atoms with Crippen molar-refractivity contribution in [1.82, 2.24) is 5.32 Å². The van der Waals surface area contributed by atoms with Gasteiger partial charge in [0.25, 0.3) is 0 Å². The topological polar surface area (TPSA) is 12.0 Å². The first-order chi connectivity index (χ1) is 9.62. The Labute approximate surface area is 129 Å². The average Bonchev–Trinajstić information content (AvgIpc) is 2.40. The number of unbranched alkanes of at least 4 members (excludes halogenated alkanes) is 11. The second-order valence-electron chi connectivity index (χ2n) is 6.95. The monoisotopic (exact) mass is 282 g/mol. The molecule has 0 spiro atoms. The van der Waals surface area contributed by atoms with E-state index in [-0.39, 0.29) is 5.54 Å². The molecule has 1 nitrogen and oxygen atoms in total. The molecule has 0 saturated heterocycles. The van der Waals surface area contributed by atoms with Crippen LogP contribution in [0.5, 0.6) is 0 Å². The molecule has 0 unspecified atom stereocenters. The van der Waals surface area contributed by atoms with E-state index in [0.717, 1.165) is 6.54 Å². The second-order valence-corrected chi connectivity index (χ2v) is 6.95. The highest BCUT2D eigenvalue weighted by atomic mass is 14.9. The summed E-state index contributed by atoms with van der Waals surface area (Å²) in [6.07, 6.45) is 18.4. The summed E-state index contributed by atoms with van der Waals surface area (Å²) in [4.78, 5) is 0. The third-order valence-corrected chi connectivity index (χ3v) is 4.26. The minimum absolute atomic E-state index is 0.278. The molecule has 0 aromatic carbocycles. The van der Waals surface area contributed by atoms with Crippen LogP contribution < -0.4 is 5.32 Å². The molecule has 121 valence electrons. The van der Waals surface area contributed by atoms with Crippen molar-refractivity contribution in [3.8, 4) is 0 Å². The summed E-state index contributed by atoms with van der Waals surface area (Å²) >= 11 is 0. The van der Waals surface area contributed by atoms with Crippen LogP contribution in [0.1, 0.15) is 104 Å². The van der Waals surface area contributed by atoms with Crippen LogP contribution in [0, 0.1) is 6.92 Å². The Morgan fingerprint density at radius 1 is 0.700 bits per heavy atom. The molecule has 0 rings (SSSR count). The van der Waals surface area contributed by atoms with Gasteiger partial charge in [0, 0.05) is 5.54 Å². The van der Waals surface area contributed by atoms with Crippen molar-refractivity contribution in [1.29, 1.82) is 0 Å². The first-order valence-electron chi connectivity index (χ1n) is 9.16. The Balaban J connectivity index is 3.13. The molecule has 0 fully saturated rings. The van der Waals surface area contributed by atoms with E-state index in [1.54, 1.807) is 0 Å². The molecule has 1 radical (unpaired) electrons. The molecule has 0 aromatic rings. The Morgan fingerprint density at radius 3 is 1.50 bits per heavy atom. The van der Waals surface area contributed by atoms with E-state index in [1.807, 2.05) is 0 Å². The zero-order valence-electron chi connectivity index (χ0n) is 14.6. The van der Waals surface area contributed by atoms with Crippen LogP contribution in [0.2, 0.25) is 0 Å². The van der Waals surface area contributed by atoms with E-state index >= 15 is 0 Å². The van der Waals surface area contributed by atoms with Crippen LogP contribution in [0.4, 0.5) is 0 Å². The molecule has 0 atom stereocenters. The van der Waals surface area contributed by atoms with Gasteiger partial charge in [-0.05, 0) is 33.7 Å². The summed E-state index contributed by atoms with van der Waals surface area (Å²) in [6.45, 7) is 11.6. The van der Waals surface area contributed by atoms with Gasteiger partial charge in [0.2, 0.25) is 0 Å². The predicted molar refractivity (Wildman–Crippen MR) is 93.1 cm³/mol. The molecular formula is C19H40N. The first kappa shape index (κ1) is 20.0. The van der Waals surface area contributed by atoms with Crippen LogP contribution in [-0.2, 0) is 0 Å². The number of nitrogens with one attached hydrogen (secondary N) is 1. The normalized spacial score (nSPS) is 12.0. The maximum Gasteiger partial charge on any atom is 0.0125 e. The van der Waals surface area contributed by atoms with Gasteiger partial charge < -0.3 is 5.32 Å². The fraction of sp³-hybridized carbons (Fsp3) is 0.947. The van der Waals surface area contributed by atoms with Gasteiger partial charge in [-0.15, -0.1) is 0 Å². The lowest BCUT2D eigenvalue weighted by molar-refractivity contribution is 0.360. The zero-order valence-corrected chi connectivity index (χ0v) is 14.6. The molecule has 0 aliphatic carbocycles. The summed E-state index contributed by atoms with van der Waals surface area (Å²) in [5.74, 6) is 0. The molecule has 1 heteroatoms. The van der Waals surface area contributed by atoms with Gasteiger partial charge >= 0.3 is 0 Å². The van der Waals surface area contributed by atoms with Crippen molar-refractivity contribution >= 4 is 0 Å². The van der Waals surface area contributed by atoms with E-state index in [1.165, 1.54) is 83.5 Å². The lowest BCUT2D eigenvalue weighted by Gasteiger charge is -2.25. The van der Waals surface area contributed by atoms with Crippen molar-refractivity contribution in [2.75, 3.05) is 6.54 Å². The van der Waals surface area contributed by atoms with E-state index in [9.17, 15) is 0 Å². The standard InChI is InChI=1S/C19H40N/c1-5-7-8-9-10-11-12-13-14-15-16-17-18-19(3,4)20-6-2/h20H,2,5-18H2,1,3-4H3. The molecule has 0 amide bonds. The molecule has 0 bridgehead atoms. The van der Waals surface area contributed by atoms with Gasteiger partial charge in [0.15, 0.2) is 0 Å². The molecule has 0 aromatic heterocycles. The summed E-state index contributed by atoms with van der Waals surface area (Å²) in [5.41, 5.74) is 0.278. The molecule has 0 aliphatic rings. The molecule has 0 aliphatic heterocycles. The Bertz CT molecular complexity index is 186. The van der Waals surface area contributed by atoms with E-state index in [2.05, 4.69) is 33.0 Å². The largest absolute Gasteiger partial charge is 0.312 e. The molecule has 20 heavy (non-hydrogen) atoms. The highest BCUT2D eigenvalue weighted by Crippen LogP contribution is 2.16. The maximum absolute atomic E-state index is 3.87. The smallest absolute Gasteiger partial charge is 0.0125 e. The molecule has 0 saturated carbocycles. The number of hydrogen-bond donors (Lipinski definition) is 1. The highest BCUT2D eigenvalue weighted by molar-refractivity contribution is 4.77. The minimum atomic E-state index is 0.278. The van der Waals surface area contributed by atoms with Crippen LogP contribution in [-0.4, -0.2) is 12.1 Å². The Hall–Kier alpha value is -0.0400. The Kier molecular flexibility index (Phi) is 13.9. The van der Waals surface area contributed by atoms with E-state index < -0.39 is 0 Å².